The molecule has 0 amide bonds. The predicted molar refractivity (Wildman–Crippen MR) is 92.5 cm³/mol. The summed E-state index contributed by atoms with van der Waals surface area (Å²) in [5.74, 6) is 1.37. The number of aryl methyl sites for hydroxylation is 2. The standard InChI is InChI=1S/C17H17N7O/c1-10(13-4-6-14(7-5-13)24-9-18-8-19-24)20-16-15-11(2)23-25-17(15)22-12(3)21-16/h4-10H,1-3H3,(H,20,21,22). The SMILES string of the molecule is Cc1nc(NC(C)c2ccc(-n3cncn3)cc2)c2c(C)noc2n1. The van der Waals surface area contributed by atoms with Crippen molar-refractivity contribution in [2.75, 3.05) is 5.32 Å². The second-order valence-electron chi connectivity index (χ2n) is 5.87. The molecule has 0 radical (unpaired) electrons. The van der Waals surface area contributed by atoms with Gasteiger partial charge in [-0.15, -0.1) is 0 Å². The van der Waals surface area contributed by atoms with Crippen molar-refractivity contribution in [1.29, 1.82) is 0 Å². The zero-order valence-electron chi connectivity index (χ0n) is 14.1. The molecule has 1 atom stereocenters. The monoisotopic (exact) mass is 335 g/mol. The summed E-state index contributed by atoms with van der Waals surface area (Å²) in [5, 5.41) is 12.4. The Morgan fingerprint density at radius 1 is 1.12 bits per heavy atom. The molecule has 0 saturated carbocycles. The first-order chi connectivity index (χ1) is 12.1. The number of nitrogens with one attached hydrogen (secondary N) is 1. The molecule has 0 aliphatic carbocycles. The number of hydrogen-bond acceptors (Lipinski definition) is 7. The summed E-state index contributed by atoms with van der Waals surface area (Å²) in [6.45, 7) is 5.80. The highest BCUT2D eigenvalue weighted by Crippen LogP contribution is 2.27. The van der Waals surface area contributed by atoms with Crippen LogP contribution in [-0.4, -0.2) is 29.9 Å². The van der Waals surface area contributed by atoms with E-state index in [1.165, 1.54) is 6.33 Å². The Kier molecular flexibility index (Phi) is 3.64. The van der Waals surface area contributed by atoms with Gasteiger partial charge in [0, 0.05) is 6.04 Å². The molecule has 3 heterocycles. The summed E-state index contributed by atoms with van der Waals surface area (Å²) in [6, 6.07) is 8.18. The van der Waals surface area contributed by atoms with Crippen LogP contribution in [0.15, 0.2) is 41.4 Å². The average Bonchev–Trinajstić information content (AvgIpc) is 3.25. The van der Waals surface area contributed by atoms with E-state index in [4.69, 9.17) is 4.52 Å². The Bertz CT molecular complexity index is 1010. The van der Waals surface area contributed by atoms with E-state index in [0.29, 0.717) is 11.5 Å². The maximum absolute atomic E-state index is 5.26. The summed E-state index contributed by atoms with van der Waals surface area (Å²) in [5.41, 5.74) is 3.36. The third-order valence-corrected chi connectivity index (χ3v) is 4.05. The molecule has 4 rings (SSSR count). The van der Waals surface area contributed by atoms with Crippen molar-refractivity contribution in [2.24, 2.45) is 0 Å². The van der Waals surface area contributed by atoms with E-state index < -0.39 is 0 Å². The second-order valence-corrected chi connectivity index (χ2v) is 5.87. The van der Waals surface area contributed by atoms with Crippen molar-refractivity contribution in [3.05, 3.63) is 54.0 Å². The fraction of sp³-hybridized carbons (Fsp3) is 0.235. The van der Waals surface area contributed by atoms with Crippen molar-refractivity contribution in [3.8, 4) is 5.69 Å². The molecule has 8 heteroatoms. The molecule has 0 spiro atoms. The number of fused-ring (bicyclic) bond motifs is 1. The van der Waals surface area contributed by atoms with Gasteiger partial charge < -0.3 is 9.84 Å². The van der Waals surface area contributed by atoms with E-state index in [2.05, 4.69) is 49.6 Å². The third kappa shape index (κ3) is 2.82. The summed E-state index contributed by atoms with van der Waals surface area (Å²) in [6.07, 6.45) is 3.19. The minimum absolute atomic E-state index is 0.0524. The lowest BCUT2D eigenvalue weighted by Crippen LogP contribution is -2.09. The fourth-order valence-corrected chi connectivity index (χ4v) is 2.75. The third-order valence-electron chi connectivity index (χ3n) is 4.05. The average molecular weight is 335 g/mol. The van der Waals surface area contributed by atoms with Crippen LogP contribution in [-0.2, 0) is 0 Å². The van der Waals surface area contributed by atoms with Crippen LogP contribution in [0.5, 0.6) is 0 Å². The lowest BCUT2D eigenvalue weighted by Gasteiger charge is -2.16. The van der Waals surface area contributed by atoms with Crippen molar-refractivity contribution in [2.45, 2.75) is 26.8 Å². The zero-order chi connectivity index (χ0) is 17.4. The Hall–Kier alpha value is -3.29. The molecule has 1 N–H and O–H groups in total. The minimum Gasteiger partial charge on any atom is -0.363 e. The van der Waals surface area contributed by atoms with Crippen LogP contribution in [0.3, 0.4) is 0 Å². The Balaban J connectivity index is 1.62. The maximum Gasteiger partial charge on any atom is 0.263 e. The predicted octanol–water partition coefficient (Wildman–Crippen LogP) is 2.99. The van der Waals surface area contributed by atoms with E-state index in [1.807, 2.05) is 26.0 Å². The van der Waals surface area contributed by atoms with Gasteiger partial charge in [0.15, 0.2) is 0 Å². The van der Waals surface area contributed by atoms with Crippen LogP contribution >= 0.6 is 0 Å². The molecule has 1 aromatic carbocycles. The molecule has 4 aromatic rings. The summed E-state index contributed by atoms with van der Waals surface area (Å²) in [7, 11) is 0. The van der Waals surface area contributed by atoms with Gasteiger partial charge in [-0.05, 0) is 38.5 Å². The Morgan fingerprint density at radius 2 is 1.92 bits per heavy atom. The number of aromatic nitrogens is 6. The van der Waals surface area contributed by atoms with Gasteiger partial charge in [-0.2, -0.15) is 10.1 Å². The zero-order valence-corrected chi connectivity index (χ0v) is 14.1. The molecule has 8 nitrogen and oxygen atoms in total. The van der Waals surface area contributed by atoms with Gasteiger partial charge >= 0.3 is 0 Å². The van der Waals surface area contributed by atoms with E-state index in [1.54, 1.807) is 11.0 Å². The van der Waals surface area contributed by atoms with Crippen LogP contribution in [0.25, 0.3) is 16.8 Å². The maximum atomic E-state index is 5.26. The van der Waals surface area contributed by atoms with E-state index >= 15 is 0 Å². The minimum atomic E-state index is 0.0524. The smallest absolute Gasteiger partial charge is 0.263 e. The Labute approximate surface area is 143 Å². The molecule has 0 saturated heterocycles. The lowest BCUT2D eigenvalue weighted by molar-refractivity contribution is 0.442. The molecule has 0 bridgehead atoms. The Morgan fingerprint density at radius 3 is 2.64 bits per heavy atom. The van der Waals surface area contributed by atoms with Gasteiger partial charge in [-0.3, -0.25) is 0 Å². The van der Waals surface area contributed by atoms with Crippen LogP contribution in [0.2, 0.25) is 0 Å². The van der Waals surface area contributed by atoms with Crippen LogP contribution < -0.4 is 5.32 Å². The first kappa shape index (κ1) is 15.3. The first-order valence-corrected chi connectivity index (χ1v) is 7.94. The molecule has 126 valence electrons. The molecule has 0 aliphatic rings. The number of hydrogen-bond donors (Lipinski definition) is 1. The molecular weight excluding hydrogens is 318 g/mol. The van der Waals surface area contributed by atoms with Crippen molar-refractivity contribution < 1.29 is 4.52 Å². The van der Waals surface area contributed by atoms with Gasteiger partial charge in [-0.1, -0.05) is 17.3 Å². The van der Waals surface area contributed by atoms with Crippen molar-refractivity contribution >= 4 is 16.9 Å². The van der Waals surface area contributed by atoms with E-state index in [0.717, 1.165) is 28.1 Å². The van der Waals surface area contributed by atoms with Gasteiger partial charge in [0.2, 0.25) is 0 Å². The van der Waals surface area contributed by atoms with Gasteiger partial charge in [0.05, 0.1) is 11.4 Å². The highest BCUT2D eigenvalue weighted by molar-refractivity contribution is 5.87. The molecular formula is C17H17N7O. The summed E-state index contributed by atoms with van der Waals surface area (Å²) < 4.78 is 6.98. The molecule has 0 fully saturated rings. The number of rotatable bonds is 4. The number of anilines is 1. The van der Waals surface area contributed by atoms with Crippen molar-refractivity contribution in [3.63, 3.8) is 0 Å². The fourth-order valence-electron chi connectivity index (χ4n) is 2.75. The topological polar surface area (TPSA) is 94.6 Å². The van der Waals surface area contributed by atoms with Gasteiger partial charge in [0.25, 0.3) is 5.71 Å². The first-order valence-electron chi connectivity index (χ1n) is 7.94. The summed E-state index contributed by atoms with van der Waals surface area (Å²) >= 11 is 0. The van der Waals surface area contributed by atoms with Crippen molar-refractivity contribution in [1.82, 2.24) is 29.9 Å². The lowest BCUT2D eigenvalue weighted by atomic mass is 10.1. The molecule has 3 aromatic heterocycles. The van der Waals surface area contributed by atoms with Crippen LogP contribution in [0.4, 0.5) is 5.82 Å². The van der Waals surface area contributed by atoms with E-state index in [9.17, 15) is 0 Å². The van der Waals surface area contributed by atoms with Gasteiger partial charge in [-0.25, -0.2) is 14.6 Å². The largest absolute Gasteiger partial charge is 0.363 e. The quantitative estimate of drug-likeness (QED) is 0.612. The summed E-state index contributed by atoms with van der Waals surface area (Å²) in [4.78, 5) is 12.8. The normalized spacial score (nSPS) is 12.4. The van der Waals surface area contributed by atoms with E-state index in [-0.39, 0.29) is 6.04 Å². The highest BCUT2D eigenvalue weighted by Gasteiger charge is 2.16. The van der Waals surface area contributed by atoms with Crippen LogP contribution in [0.1, 0.15) is 30.0 Å². The highest BCUT2D eigenvalue weighted by atomic mass is 16.5. The van der Waals surface area contributed by atoms with Crippen LogP contribution in [0, 0.1) is 13.8 Å². The molecule has 1 unspecified atom stereocenters. The number of benzene rings is 1. The molecule has 25 heavy (non-hydrogen) atoms. The van der Waals surface area contributed by atoms with Gasteiger partial charge in [0.1, 0.15) is 29.7 Å². The second kappa shape index (κ2) is 5.97. The molecule has 0 aliphatic heterocycles. The number of nitrogens with zero attached hydrogens (tertiary/aromatic N) is 6.